The van der Waals surface area contributed by atoms with Crippen molar-refractivity contribution in [2.24, 2.45) is 5.92 Å². The Morgan fingerprint density at radius 1 is 1.03 bits per heavy atom. The van der Waals surface area contributed by atoms with Crippen molar-refractivity contribution in [3.8, 4) is 5.75 Å². The van der Waals surface area contributed by atoms with E-state index < -0.39 is 6.04 Å². The van der Waals surface area contributed by atoms with Crippen LogP contribution in [0.3, 0.4) is 0 Å². The summed E-state index contributed by atoms with van der Waals surface area (Å²) in [5, 5.41) is 5.73. The first-order chi connectivity index (χ1) is 14.8. The molecule has 0 aliphatic carbocycles. The van der Waals surface area contributed by atoms with E-state index in [9.17, 15) is 9.59 Å². The van der Waals surface area contributed by atoms with E-state index in [1.807, 2.05) is 32.0 Å². The SMILES string of the molecule is CCN(CC)CCOc1ccc(NC(=O)[C@H](NC(=O)c2ccccc2Br)C(C)C)cc1. The second kappa shape index (κ2) is 12.5. The number of anilines is 1. The summed E-state index contributed by atoms with van der Waals surface area (Å²) >= 11 is 3.38. The Morgan fingerprint density at radius 3 is 2.26 bits per heavy atom. The molecule has 0 unspecified atom stereocenters. The van der Waals surface area contributed by atoms with Gasteiger partial charge in [-0.3, -0.25) is 9.59 Å². The lowest BCUT2D eigenvalue weighted by atomic mass is 10.0. The number of hydrogen-bond acceptors (Lipinski definition) is 4. The summed E-state index contributed by atoms with van der Waals surface area (Å²) in [5.41, 5.74) is 1.15. The molecule has 0 spiro atoms. The fourth-order valence-electron chi connectivity index (χ4n) is 3.09. The zero-order valence-corrected chi connectivity index (χ0v) is 20.2. The van der Waals surface area contributed by atoms with Gasteiger partial charge in [-0.25, -0.2) is 0 Å². The van der Waals surface area contributed by atoms with E-state index in [0.29, 0.717) is 22.3 Å². The second-order valence-electron chi connectivity index (χ2n) is 7.56. The van der Waals surface area contributed by atoms with Crippen LogP contribution < -0.4 is 15.4 Å². The number of likely N-dealkylation sites (N-methyl/N-ethyl adjacent to an activating group) is 1. The van der Waals surface area contributed by atoms with Gasteiger partial charge in [0.2, 0.25) is 5.91 Å². The zero-order valence-electron chi connectivity index (χ0n) is 18.7. The number of nitrogens with one attached hydrogen (secondary N) is 2. The largest absolute Gasteiger partial charge is 0.492 e. The fourth-order valence-corrected chi connectivity index (χ4v) is 3.55. The summed E-state index contributed by atoms with van der Waals surface area (Å²) < 4.78 is 6.47. The summed E-state index contributed by atoms with van der Waals surface area (Å²) in [4.78, 5) is 27.8. The molecule has 31 heavy (non-hydrogen) atoms. The summed E-state index contributed by atoms with van der Waals surface area (Å²) in [7, 11) is 0. The van der Waals surface area contributed by atoms with Crippen LogP contribution in [0, 0.1) is 5.92 Å². The van der Waals surface area contributed by atoms with E-state index in [4.69, 9.17) is 4.74 Å². The lowest BCUT2D eigenvalue weighted by Crippen LogP contribution is -2.47. The van der Waals surface area contributed by atoms with E-state index in [1.165, 1.54) is 0 Å². The lowest BCUT2D eigenvalue weighted by Gasteiger charge is -2.22. The van der Waals surface area contributed by atoms with Gasteiger partial charge in [0, 0.05) is 16.7 Å². The molecule has 0 radical (unpaired) electrons. The standard InChI is InChI=1S/C24H32BrN3O3/c1-5-28(6-2)15-16-31-19-13-11-18(12-14-19)26-24(30)22(17(3)4)27-23(29)20-9-7-8-10-21(20)25/h7-14,17,22H,5-6,15-16H2,1-4H3,(H,26,30)(H,27,29)/t22-/m1/s1. The Morgan fingerprint density at radius 2 is 1.68 bits per heavy atom. The highest BCUT2D eigenvalue weighted by atomic mass is 79.9. The lowest BCUT2D eigenvalue weighted by molar-refractivity contribution is -0.118. The van der Waals surface area contributed by atoms with Gasteiger partial charge in [-0.05, 0) is 71.3 Å². The van der Waals surface area contributed by atoms with Gasteiger partial charge in [0.05, 0.1) is 5.56 Å². The van der Waals surface area contributed by atoms with E-state index >= 15 is 0 Å². The Hall–Kier alpha value is -2.38. The molecule has 168 valence electrons. The highest BCUT2D eigenvalue weighted by Crippen LogP contribution is 2.18. The summed E-state index contributed by atoms with van der Waals surface area (Å²) in [5.74, 6) is 0.130. The summed E-state index contributed by atoms with van der Waals surface area (Å²) in [6, 6.07) is 13.8. The van der Waals surface area contributed by atoms with Crippen molar-refractivity contribution >= 4 is 33.4 Å². The molecule has 2 rings (SSSR count). The van der Waals surface area contributed by atoms with Gasteiger partial charge in [0.1, 0.15) is 18.4 Å². The molecule has 0 saturated heterocycles. The quantitative estimate of drug-likeness (QED) is 0.485. The Bertz CT molecular complexity index is 851. The van der Waals surface area contributed by atoms with Crippen LogP contribution in [0.4, 0.5) is 5.69 Å². The van der Waals surface area contributed by atoms with E-state index in [2.05, 4.69) is 45.3 Å². The third kappa shape index (κ3) is 7.67. The van der Waals surface area contributed by atoms with Crippen LogP contribution in [-0.2, 0) is 4.79 Å². The number of amides is 2. The highest BCUT2D eigenvalue weighted by Gasteiger charge is 2.25. The molecule has 2 N–H and O–H groups in total. The third-order valence-electron chi connectivity index (χ3n) is 5.05. The van der Waals surface area contributed by atoms with Crippen LogP contribution in [0.15, 0.2) is 53.0 Å². The van der Waals surface area contributed by atoms with Gasteiger partial charge in [-0.1, -0.05) is 39.8 Å². The van der Waals surface area contributed by atoms with Crippen molar-refractivity contribution in [1.29, 1.82) is 0 Å². The Kier molecular flexibility index (Phi) is 10.0. The van der Waals surface area contributed by atoms with Gasteiger partial charge in [0.25, 0.3) is 5.91 Å². The molecule has 0 aliphatic rings. The number of carbonyl (C=O) groups is 2. The molecular formula is C24H32BrN3O3. The molecule has 0 heterocycles. The second-order valence-corrected chi connectivity index (χ2v) is 8.42. The number of halogens is 1. The van der Waals surface area contributed by atoms with Crippen LogP contribution in [0.2, 0.25) is 0 Å². The van der Waals surface area contributed by atoms with E-state index in [1.54, 1.807) is 30.3 Å². The number of ether oxygens (including phenoxy) is 1. The molecule has 1 atom stereocenters. The van der Waals surface area contributed by atoms with Crippen LogP contribution in [0.25, 0.3) is 0 Å². The van der Waals surface area contributed by atoms with Crippen LogP contribution in [-0.4, -0.2) is 49.0 Å². The first kappa shape index (κ1) is 24.9. The van der Waals surface area contributed by atoms with Crippen LogP contribution in [0.5, 0.6) is 5.75 Å². The maximum absolute atomic E-state index is 12.8. The summed E-state index contributed by atoms with van der Waals surface area (Å²) in [6.45, 7) is 11.6. The van der Waals surface area contributed by atoms with Gasteiger partial charge >= 0.3 is 0 Å². The van der Waals surface area contributed by atoms with Crippen molar-refractivity contribution in [3.63, 3.8) is 0 Å². The topological polar surface area (TPSA) is 70.7 Å². The molecule has 0 bridgehead atoms. The minimum atomic E-state index is -0.662. The Labute approximate surface area is 193 Å². The molecular weight excluding hydrogens is 458 g/mol. The number of hydrogen-bond donors (Lipinski definition) is 2. The number of nitrogens with zero attached hydrogens (tertiary/aromatic N) is 1. The smallest absolute Gasteiger partial charge is 0.253 e. The maximum Gasteiger partial charge on any atom is 0.253 e. The molecule has 2 aromatic carbocycles. The summed E-state index contributed by atoms with van der Waals surface area (Å²) in [6.07, 6.45) is 0. The third-order valence-corrected chi connectivity index (χ3v) is 5.74. The molecule has 0 aromatic heterocycles. The molecule has 0 fully saturated rings. The maximum atomic E-state index is 12.8. The van der Waals surface area contributed by atoms with Crippen LogP contribution >= 0.6 is 15.9 Å². The van der Waals surface area contributed by atoms with E-state index in [0.717, 1.165) is 25.4 Å². The molecule has 7 heteroatoms. The van der Waals surface area contributed by atoms with Gasteiger partial charge in [0.15, 0.2) is 0 Å². The number of rotatable bonds is 11. The van der Waals surface area contributed by atoms with Gasteiger partial charge < -0.3 is 20.3 Å². The average molecular weight is 490 g/mol. The Balaban J connectivity index is 1.95. The fraction of sp³-hybridized carbons (Fsp3) is 0.417. The van der Waals surface area contributed by atoms with Crippen molar-refractivity contribution in [3.05, 3.63) is 58.6 Å². The number of benzene rings is 2. The van der Waals surface area contributed by atoms with Crippen molar-refractivity contribution < 1.29 is 14.3 Å². The number of carbonyl (C=O) groups excluding carboxylic acids is 2. The van der Waals surface area contributed by atoms with E-state index in [-0.39, 0.29) is 17.7 Å². The van der Waals surface area contributed by atoms with Crippen molar-refractivity contribution in [2.75, 3.05) is 31.6 Å². The molecule has 6 nitrogen and oxygen atoms in total. The first-order valence-corrected chi connectivity index (χ1v) is 11.5. The molecule has 0 saturated carbocycles. The van der Waals surface area contributed by atoms with Crippen LogP contribution in [0.1, 0.15) is 38.1 Å². The minimum Gasteiger partial charge on any atom is -0.492 e. The van der Waals surface area contributed by atoms with Gasteiger partial charge in [-0.2, -0.15) is 0 Å². The molecule has 2 amide bonds. The van der Waals surface area contributed by atoms with Gasteiger partial charge in [-0.15, -0.1) is 0 Å². The monoisotopic (exact) mass is 489 g/mol. The van der Waals surface area contributed by atoms with Crippen molar-refractivity contribution in [2.45, 2.75) is 33.7 Å². The first-order valence-electron chi connectivity index (χ1n) is 10.7. The zero-order chi connectivity index (χ0) is 22.8. The normalized spacial score (nSPS) is 12.0. The average Bonchev–Trinajstić information content (AvgIpc) is 2.76. The van der Waals surface area contributed by atoms with Crippen molar-refractivity contribution in [1.82, 2.24) is 10.2 Å². The minimum absolute atomic E-state index is 0.0749. The molecule has 0 aliphatic heterocycles. The predicted octanol–water partition coefficient (Wildman–Crippen LogP) is 4.56. The highest BCUT2D eigenvalue weighted by molar-refractivity contribution is 9.10. The molecule has 2 aromatic rings. The predicted molar refractivity (Wildman–Crippen MR) is 129 cm³/mol.